The summed E-state index contributed by atoms with van der Waals surface area (Å²) < 4.78 is 5.34. The highest BCUT2D eigenvalue weighted by molar-refractivity contribution is 5.83. The van der Waals surface area contributed by atoms with E-state index in [1.54, 1.807) is 0 Å². The number of rotatable bonds is 6. The summed E-state index contributed by atoms with van der Waals surface area (Å²) in [6.07, 6.45) is 0.968. The molecule has 3 N–H and O–H groups in total. The van der Waals surface area contributed by atoms with Crippen molar-refractivity contribution in [1.29, 1.82) is 0 Å². The molecule has 3 unspecified atom stereocenters. The maximum Gasteiger partial charge on any atom is 0.230 e. The summed E-state index contributed by atoms with van der Waals surface area (Å²) in [6.45, 7) is 7.95. The number of nitrogens with two attached hydrogens (primary N) is 1. The van der Waals surface area contributed by atoms with Crippen LogP contribution in [0.15, 0.2) is 0 Å². The molecule has 3 atom stereocenters. The van der Waals surface area contributed by atoms with Gasteiger partial charge in [0, 0.05) is 18.6 Å². The van der Waals surface area contributed by atoms with Gasteiger partial charge in [0.25, 0.3) is 0 Å². The van der Waals surface area contributed by atoms with E-state index in [0.29, 0.717) is 19.1 Å². The Hall–Kier alpha value is -0.650. The predicted molar refractivity (Wildman–Crippen MR) is 76.8 cm³/mol. The molecule has 0 aromatic rings. The highest BCUT2D eigenvalue weighted by Gasteiger charge is 2.44. The molecular weight excluding hydrogens is 242 g/mol. The van der Waals surface area contributed by atoms with Gasteiger partial charge in [-0.1, -0.05) is 13.8 Å². The van der Waals surface area contributed by atoms with Crippen molar-refractivity contribution in [2.75, 3.05) is 33.9 Å². The number of amides is 1. The van der Waals surface area contributed by atoms with Gasteiger partial charge >= 0.3 is 0 Å². The Labute approximate surface area is 116 Å². The summed E-state index contributed by atoms with van der Waals surface area (Å²) in [5.74, 6) is 0.566. The number of carbonyl (C=O) groups excluding carboxylic acids is 1. The van der Waals surface area contributed by atoms with Crippen LogP contribution in [-0.4, -0.2) is 56.7 Å². The molecule has 0 radical (unpaired) electrons. The van der Waals surface area contributed by atoms with Crippen molar-refractivity contribution < 1.29 is 9.53 Å². The van der Waals surface area contributed by atoms with Crippen molar-refractivity contribution >= 4 is 5.91 Å². The number of nitrogens with zero attached hydrogens (tertiary/aromatic N) is 1. The van der Waals surface area contributed by atoms with Crippen LogP contribution in [0.25, 0.3) is 0 Å². The monoisotopic (exact) mass is 271 g/mol. The van der Waals surface area contributed by atoms with Crippen molar-refractivity contribution in [1.82, 2.24) is 10.2 Å². The fourth-order valence-corrected chi connectivity index (χ4v) is 2.46. The van der Waals surface area contributed by atoms with Crippen molar-refractivity contribution in [2.24, 2.45) is 17.1 Å². The van der Waals surface area contributed by atoms with Crippen LogP contribution in [0.2, 0.25) is 0 Å². The minimum absolute atomic E-state index is 0.0185. The average Bonchev–Trinajstić information content (AvgIpc) is 2.58. The van der Waals surface area contributed by atoms with Crippen LogP contribution >= 0.6 is 0 Å². The Morgan fingerprint density at radius 1 is 1.53 bits per heavy atom. The molecule has 1 heterocycles. The molecule has 0 bridgehead atoms. The minimum atomic E-state index is -0.596. The molecule has 19 heavy (non-hydrogen) atoms. The molecule has 0 aliphatic carbocycles. The zero-order valence-electron chi connectivity index (χ0n) is 12.9. The predicted octanol–water partition coefficient (Wildman–Crippen LogP) is 0.443. The Morgan fingerprint density at radius 2 is 2.16 bits per heavy atom. The Kier molecular flexibility index (Phi) is 5.77. The molecule has 0 saturated carbocycles. The van der Waals surface area contributed by atoms with Crippen LogP contribution in [0.4, 0.5) is 0 Å². The summed E-state index contributed by atoms with van der Waals surface area (Å²) >= 11 is 0. The van der Waals surface area contributed by atoms with Gasteiger partial charge in [-0.05, 0) is 33.4 Å². The van der Waals surface area contributed by atoms with Gasteiger partial charge in [-0.2, -0.15) is 0 Å². The van der Waals surface area contributed by atoms with Gasteiger partial charge in [0.2, 0.25) is 5.91 Å². The van der Waals surface area contributed by atoms with E-state index >= 15 is 0 Å². The highest BCUT2D eigenvalue weighted by atomic mass is 16.5. The number of hydrogen-bond donors (Lipinski definition) is 2. The topological polar surface area (TPSA) is 67.6 Å². The molecule has 112 valence electrons. The maximum absolute atomic E-state index is 12.5. The Balaban J connectivity index is 2.64. The van der Waals surface area contributed by atoms with E-state index < -0.39 is 5.41 Å². The number of hydrogen-bond acceptors (Lipinski definition) is 4. The van der Waals surface area contributed by atoms with Crippen LogP contribution in [0.5, 0.6) is 0 Å². The Bertz CT molecular complexity index is 297. The van der Waals surface area contributed by atoms with Gasteiger partial charge in [-0.25, -0.2) is 0 Å². The maximum atomic E-state index is 12.5. The molecule has 0 aromatic carbocycles. The van der Waals surface area contributed by atoms with E-state index in [1.807, 2.05) is 21.0 Å². The Morgan fingerprint density at radius 3 is 2.58 bits per heavy atom. The molecule has 0 aromatic heterocycles. The molecule has 5 heteroatoms. The molecular formula is C14H29N3O2. The highest BCUT2D eigenvalue weighted by Crippen LogP contribution is 2.27. The van der Waals surface area contributed by atoms with Crippen LogP contribution in [0.1, 0.15) is 27.2 Å². The van der Waals surface area contributed by atoms with Crippen molar-refractivity contribution in [3.63, 3.8) is 0 Å². The van der Waals surface area contributed by atoms with E-state index in [0.717, 1.165) is 13.0 Å². The van der Waals surface area contributed by atoms with Gasteiger partial charge < -0.3 is 20.7 Å². The molecule has 5 nitrogen and oxygen atoms in total. The van der Waals surface area contributed by atoms with E-state index in [1.165, 1.54) is 0 Å². The first-order chi connectivity index (χ1) is 8.75. The van der Waals surface area contributed by atoms with Crippen LogP contribution in [0, 0.1) is 11.3 Å². The van der Waals surface area contributed by atoms with Crippen molar-refractivity contribution in [2.45, 2.75) is 39.3 Å². The van der Waals surface area contributed by atoms with E-state index in [9.17, 15) is 4.79 Å². The number of nitrogens with one attached hydrogen (secondary N) is 1. The van der Waals surface area contributed by atoms with Gasteiger partial charge in [0.1, 0.15) is 0 Å². The third-order valence-corrected chi connectivity index (χ3v) is 3.71. The fraction of sp³-hybridized carbons (Fsp3) is 0.929. The second kappa shape index (κ2) is 6.68. The third kappa shape index (κ3) is 4.44. The van der Waals surface area contributed by atoms with E-state index in [4.69, 9.17) is 10.5 Å². The van der Waals surface area contributed by atoms with Crippen molar-refractivity contribution in [3.8, 4) is 0 Å². The number of likely N-dealkylation sites (N-methyl/N-ethyl adjacent to an activating group) is 1. The normalized spacial score (nSPS) is 28.9. The first-order valence-corrected chi connectivity index (χ1v) is 7.04. The van der Waals surface area contributed by atoms with Crippen LogP contribution < -0.4 is 11.1 Å². The molecule has 1 amide bonds. The van der Waals surface area contributed by atoms with Gasteiger partial charge in [0.15, 0.2) is 0 Å². The number of ether oxygens (including phenoxy) is 1. The lowest BCUT2D eigenvalue weighted by molar-refractivity contribution is -0.131. The molecule has 1 aliphatic rings. The van der Waals surface area contributed by atoms with E-state index in [2.05, 4.69) is 24.1 Å². The van der Waals surface area contributed by atoms with Gasteiger partial charge in [-0.3, -0.25) is 4.79 Å². The summed E-state index contributed by atoms with van der Waals surface area (Å²) in [7, 11) is 4.04. The first-order valence-electron chi connectivity index (χ1n) is 7.04. The standard InChI is InChI=1S/C14H29N3O2/c1-10(2)6-11(7-17(4)5)16-13(18)14(3)9-19-8-12(14)15/h10-12H,6-9,15H2,1-5H3,(H,16,18). The zero-order chi connectivity index (χ0) is 14.6. The summed E-state index contributed by atoms with van der Waals surface area (Å²) in [4.78, 5) is 14.6. The molecule has 1 aliphatic heterocycles. The first kappa shape index (κ1) is 16.4. The zero-order valence-corrected chi connectivity index (χ0v) is 12.9. The minimum Gasteiger partial charge on any atom is -0.379 e. The number of carbonyl (C=O) groups is 1. The average molecular weight is 271 g/mol. The van der Waals surface area contributed by atoms with Crippen LogP contribution in [0.3, 0.4) is 0 Å². The smallest absolute Gasteiger partial charge is 0.230 e. The second-order valence-corrected chi connectivity index (χ2v) is 6.60. The lowest BCUT2D eigenvalue weighted by Crippen LogP contribution is -2.54. The quantitative estimate of drug-likeness (QED) is 0.736. The lowest BCUT2D eigenvalue weighted by Gasteiger charge is -2.30. The fourth-order valence-electron chi connectivity index (χ4n) is 2.46. The lowest BCUT2D eigenvalue weighted by atomic mass is 9.84. The molecule has 1 saturated heterocycles. The molecule has 1 fully saturated rings. The second-order valence-electron chi connectivity index (χ2n) is 6.60. The largest absolute Gasteiger partial charge is 0.379 e. The SMILES string of the molecule is CC(C)CC(CN(C)C)NC(=O)C1(C)COCC1N. The summed E-state index contributed by atoms with van der Waals surface area (Å²) in [6, 6.07) is -0.0568. The van der Waals surface area contributed by atoms with Crippen LogP contribution in [-0.2, 0) is 9.53 Å². The van der Waals surface area contributed by atoms with E-state index in [-0.39, 0.29) is 18.0 Å². The summed E-state index contributed by atoms with van der Waals surface area (Å²) in [5, 5.41) is 3.15. The van der Waals surface area contributed by atoms with Gasteiger partial charge in [0.05, 0.1) is 18.6 Å². The molecule has 0 spiro atoms. The third-order valence-electron chi connectivity index (χ3n) is 3.71. The van der Waals surface area contributed by atoms with Gasteiger partial charge in [-0.15, -0.1) is 0 Å². The summed E-state index contributed by atoms with van der Waals surface area (Å²) in [5.41, 5.74) is 5.40. The molecule has 1 rings (SSSR count). The van der Waals surface area contributed by atoms with Crippen molar-refractivity contribution in [3.05, 3.63) is 0 Å².